The lowest BCUT2D eigenvalue weighted by molar-refractivity contribution is -0.129. The summed E-state index contributed by atoms with van der Waals surface area (Å²) < 4.78 is 0. The monoisotopic (exact) mass is 278 g/mol. The van der Waals surface area contributed by atoms with Crippen LogP contribution in [-0.4, -0.2) is 42.1 Å². The topological polar surface area (TPSA) is 32.3 Å². The smallest absolute Gasteiger partial charge is 0.240 e. The number of hydrogen-bond acceptors (Lipinski definition) is 3. The quantitative estimate of drug-likeness (QED) is 0.776. The number of aryl methyl sites for hydroxylation is 1. The largest absolute Gasteiger partial charge is 0.329 e. The normalized spacial score (nSPS) is 19.1. The number of amides is 1. The standard InChI is InChI=1S/C15H22N2OS/c1-19-11-5-10-17-12-16-14(15(17)18)9-8-13-6-3-2-4-7-13/h2-4,6-7,14,16H,5,8-12H2,1H3. The summed E-state index contributed by atoms with van der Waals surface area (Å²) in [5.41, 5.74) is 1.30. The Morgan fingerprint density at radius 1 is 1.37 bits per heavy atom. The molecule has 0 radical (unpaired) electrons. The van der Waals surface area contributed by atoms with Gasteiger partial charge in [0.15, 0.2) is 0 Å². The average Bonchev–Trinajstić information content (AvgIpc) is 2.79. The Hall–Kier alpha value is -1.00. The Labute approximate surface area is 119 Å². The van der Waals surface area contributed by atoms with Crippen LogP contribution in [0.1, 0.15) is 18.4 Å². The van der Waals surface area contributed by atoms with Crippen LogP contribution in [0.25, 0.3) is 0 Å². The van der Waals surface area contributed by atoms with Gasteiger partial charge in [-0.25, -0.2) is 0 Å². The summed E-state index contributed by atoms with van der Waals surface area (Å²) in [6, 6.07) is 10.4. The van der Waals surface area contributed by atoms with Crippen molar-refractivity contribution in [2.24, 2.45) is 0 Å². The summed E-state index contributed by atoms with van der Waals surface area (Å²) in [7, 11) is 0. The van der Waals surface area contributed by atoms with E-state index >= 15 is 0 Å². The first-order valence-electron chi connectivity index (χ1n) is 6.86. The lowest BCUT2D eigenvalue weighted by Gasteiger charge is -2.14. The molecule has 4 heteroatoms. The zero-order valence-corrected chi connectivity index (χ0v) is 12.3. The molecule has 1 N–H and O–H groups in total. The fourth-order valence-electron chi connectivity index (χ4n) is 2.38. The maximum atomic E-state index is 12.2. The van der Waals surface area contributed by atoms with E-state index in [4.69, 9.17) is 0 Å². The number of nitrogens with zero attached hydrogens (tertiary/aromatic N) is 1. The van der Waals surface area contributed by atoms with Crippen LogP contribution in [0.5, 0.6) is 0 Å². The summed E-state index contributed by atoms with van der Waals surface area (Å²) >= 11 is 1.84. The van der Waals surface area contributed by atoms with Crippen molar-refractivity contribution in [1.82, 2.24) is 10.2 Å². The van der Waals surface area contributed by atoms with Crippen molar-refractivity contribution in [1.29, 1.82) is 0 Å². The summed E-state index contributed by atoms with van der Waals surface area (Å²) in [5, 5.41) is 3.32. The number of carbonyl (C=O) groups is 1. The molecule has 1 aliphatic rings. The minimum absolute atomic E-state index is 0.00878. The third kappa shape index (κ3) is 4.25. The van der Waals surface area contributed by atoms with Crippen molar-refractivity contribution in [2.45, 2.75) is 25.3 Å². The molecule has 0 saturated carbocycles. The van der Waals surface area contributed by atoms with E-state index in [-0.39, 0.29) is 11.9 Å². The van der Waals surface area contributed by atoms with Gasteiger partial charge in [0.1, 0.15) is 0 Å². The first-order chi connectivity index (χ1) is 9.31. The van der Waals surface area contributed by atoms with Gasteiger partial charge < -0.3 is 4.90 Å². The SMILES string of the molecule is CSCCCN1CNC(CCc2ccccc2)C1=O. The Bertz CT molecular complexity index is 396. The highest BCUT2D eigenvalue weighted by molar-refractivity contribution is 7.98. The van der Waals surface area contributed by atoms with E-state index in [0.717, 1.165) is 31.6 Å². The highest BCUT2D eigenvalue weighted by Crippen LogP contribution is 2.12. The first-order valence-corrected chi connectivity index (χ1v) is 8.25. The highest BCUT2D eigenvalue weighted by Gasteiger charge is 2.29. The summed E-state index contributed by atoms with van der Waals surface area (Å²) in [6.07, 6.45) is 5.04. The van der Waals surface area contributed by atoms with Crippen LogP contribution in [0.4, 0.5) is 0 Å². The van der Waals surface area contributed by atoms with E-state index in [1.807, 2.05) is 34.9 Å². The minimum Gasteiger partial charge on any atom is -0.329 e. The van der Waals surface area contributed by atoms with Crippen molar-refractivity contribution < 1.29 is 4.79 Å². The van der Waals surface area contributed by atoms with Gasteiger partial charge in [0.05, 0.1) is 12.7 Å². The molecule has 0 aromatic heterocycles. The van der Waals surface area contributed by atoms with E-state index in [1.54, 1.807) is 0 Å². The molecule has 2 rings (SSSR count). The third-order valence-corrected chi connectivity index (χ3v) is 4.18. The van der Waals surface area contributed by atoms with E-state index in [9.17, 15) is 4.79 Å². The van der Waals surface area contributed by atoms with Gasteiger partial charge in [0, 0.05) is 6.54 Å². The van der Waals surface area contributed by atoms with E-state index in [0.29, 0.717) is 6.67 Å². The maximum absolute atomic E-state index is 12.2. The zero-order valence-electron chi connectivity index (χ0n) is 11.5. The molecule has 0 aliphatic carbocycles. The van der Waals surface area contributed by atoms with E-state index in [1.165, 1.54) is 5.56 Å². The molecule has 0 spiro atoms. The number of carbonyl (C=O) groups excluding carboxylic acids is 1. The molecular weight excluding hydrogens is 256 g/mol. The van der Waals surface area contributed by atoms with Gasteiger partial charge in [-0.05, 0) is 36.8 Å². The van der Waals surface area contributed by atoms with Crippen molar-refractivity contribution in [3.05, 3.63) is 35.9 Å². The molecule has 104 valence electrons. The predicted molar refractivity (Wildman–Crippen MR) is 81.3 cm³/mol. The van der Waals surface area contributed by atoms with E-state index < -0.39 is 0 Å². The Morgan fingerprint density at radius 3 is 2.89 bits per heavy atom. The predicted octanol–water partition coefficient (Wildman–Crippen LogP) is 2.13. The first kappa shape index (κ1) is 14.4. The van der Waals surface area contributed by atoms with Gasteiger partial charge in [0.2, 0.25) is 5.91 Å². The fraction of sp³-hybridized carbons (Fsp3) is 0.533. The molecule has 1 amide bonds. The molecule has 1 unspecified atom stereocenters. The second-order valence-electron chi connectivity index (χ2n) is 4.89. The Balaban J connectivity index is 1.75. The molecule has 1 saturated heterocycles. The van der Waals surface area contributed by atoms with Gasteiger partial charge >= 0.3 is 0 Å². The van der Waals surface area contributed by atoms with Crippen molar-refractivity contribution >= 4 is 17.7 Å². The van der Waals surface area contributed by atoms with Gasteiger partial charge in [0.25, 0.3) is 0 Å². The summed E-state index contributed by atoms with van der Waals surface area (Å²) in [4.78, 5) is 14.1. The summed E-state index contributed by atoms with van der Waals surface area (Å²) in [5.74, 6) is 1.40. The molecule has 1 aliphatic heterocycles. The molecule has 1 aromatic carbocycles. The summed E-state index contributed by atoms with van der Waals surface area (Å²) in [6.45, 7) is 1.60. The van der Waals surface area contributed by atoms with Crippen LogP contribution in [-0.2, 0) is 11.2 Å². The fourth-order valence-corrected chi connectivity index (χ4v) is 2.79. The molecule has 1 fully saturated rings. The molecule has 19 heavy (non-hydrogen) atoms. The zero-order chi connectivity index (χ0) is 13.5. The Kier molecular flexibility index (Phi) is 5.73. The lowest BCUT2D eigenvalue weighted by atomic mass is 10.1. The third-order valence-electron chi connectivity index (χ3n) is 3.48. The number of benzene rings is 1. The lowest BCUT2D eigenvalue weighted by Crippen LogP contribution is -2.31. The molecule has 1 heterocycles. The molecule has 0 bridgehead atoms. The van der Waals surface area contributed by atoms with Crippen molar-refractivity contribution in [3.63, 3.8) is 0 Å². The molecule has 1 atom stereocenters. The Morgan fingerprint density at radius 2 is 2.16 bits per heavy atom. The molecule has 1 aromatic rings. The van der Waals surface area contributed by atoms with E-state index in [2.05, 4.69) is 23.7 Å². The number of rotatable bonds is 7. The number of thioether (sulfide) groups is 1. The second-order valence-corrected chi connectivity index (χ2v) is 5.87. The highest BCUT2D eigenvalue weighted by atomic mass is 32.2. The molecule has 3 nitrogen and oxygen atoms in total. The number of hydrogen-bond donors (Lipinski definition) is 1. The van der Waals surface area contributed by atoms with Crippen molar-refractivity contribution in [3.8, 4) is 0 Å². The van der Waals surface area contributed by atoms with Gasteiger partial charge in [-0.2, -0.15) is 11.8 Å². The number of nitrogens with one attached hydrogen (secondary N) is 1. The maximum Gasteiger partial charge on any atom is 0.240 e. The van der Waals surface area contributed by atoms with Gasteiger partial charge in [-0.1, -0.05) is 30.3 Å². The van der Waals surface area contributed by atoms with Gasteiger partial charge in [-0.3, -0.25) is 10.1 Å². The minimum atomic E-state index is 0.00878. The molecular formula is C15H22N2OS. The van der Waals surface area contributed by atoms with Crippen LogP contribution in [0, 0.1) is 0 Å². The van der Waals surface area contributed by atoms with Crippen LogP contribution < -0.4 is 5.32 Å². The van der Waals surface area contributed by atoms with Crippen LogP contribution in [0.3, 0.4) is 0 Å². The van der Waals surface area contributed by atoms with Crippen LogP contribution >= 0.6 is 11.8 Å². The second kappa shape index (κ2) is 7.56. The van der Waals surface area contributed by atoms with Gasteiger partial charge in [-0.15, -0.1) is 0 Å². The van der Waals surface area contributed by atoms with Crippen molar-refractivity contribution in [2.75, 3.05) is 25.2 Å². The van der Waals surface area contributed by atoms with Crippen LogP contribution in [0.15, 0.2) is 30.3 Å². The van der Waals surface area contributed by atoms with Crippen LogP contribution in [0.2, 0.25) is 0 Å². The average molecular weight is 278 g/mol.